The van der Waals surface area contributed by atoms with Crippen LogP contribution in [0.4, 0.5) is 5.69 Å². The van der Waals surface area contributed by atoms with Crippen molar-refractivity contribution in [2.45, 2.75) is 18.0 Å². The predicted molar refractivity (Wildman–Crippen MR) is 140 cm³/mol. The topological polar surface area (TPSA) is 113 Å². The van der Waals surface area contributed by atoms with Crippen LogP contribution < -0.4 is 29.2 Å². The molecule has 0 aromatic heterocycles. The molecule has 0 radical (unpaired) electrons. The van der Waals surface area contributed by atoms with Gasteiger partial charge in [0.25, 0.3) is 0 Å². The van der Waals surface area contributed by atoms with E-state index in [1.807, 2.05) is 6.26 Å². The number of carbonyl (C=O) groups is 3. The number of carbonyl (C=O) groups excluding carboxylic acids is 3. The maximum atomic E-state index is 14.1. The van der Waals surface area contributed by atoms with Crippen LogP contribution in [-0.4, -0.2) is 69.9 Å². The molecule has 4 atom stereocenters. The molecular weight excluding hydrogens is 512 g/mol. The number of nitrogens with one attached hydrogen (secondary N) is 1. The van der Waals surface area contributed by atoms with E-state index in [1.165, 1.54) is 14.2 Å². The summed E-state index contributed by atoms with van der Waals surface area (Å²) < 4.78 is 27.5. The summed E-state index contributed by atoms with van der Waals surface area (Å²) in [6.07, 6.45) is 2.22. The molecule has 0 unspecified atom stereocenters. The fourth-order valence-electron chi connectivity index (χ4n) is 5.74. The van der Waals surface area contributed by atoms with E-state index < -0.39 is 41.2 Å². The van der Waals surface area contributed by atoms with Gasteiger partial charge in [0.15, 0.2) is 11.5 Å². The minimum absolute atomic E-state index is 0.297. The molecule has 2 amide bonds. The third-order valence-corrected chi connectivity index (χ3v) is 8.08. The van der Waals surface area contributed by atoms with Gasteiger partial charge in [-0.15, -0.1) is 0 Å². The highest BCUT2D eigenvalue weighted by atomic mass is 32.2. The van der Waals surface area contributed by atoms with Gasteiger partial charge in [0.1, 0.15) is 30.3 Å². The molecule has 10 nitrogen and oxygen atoms in total. The van der Waals surface area contributed by atoms with Gasteiger partial charge in [0.2, 0.25) is 11.8 Å². The Morgan fingerprint density at radius 1 is 1.05 bits per heavy atom. The van der Waals surface area contributed by atoms with Gasteiger partial charge in [-0.2, -0.15) is 11.8 Å². The van der Waals surface area contributed by atoms with Crippen LogP contribution in [0, 0.1) is 11.8 Å². The lowest BCUT2D eigenvalue weighted by Crippen LogP contribution is -2.56. The molecule has 3 aliphatic rings. The summed E-state index contributed by atoms with van der Waals surface area (Å²) in [4.78, 5) is 42.8. The fraction of sp³-hybridized carbons (Fsp3) is 0.444. The average Bonchev–Trinajstić information content (AvgIpc) is 3.44. The standard InChI is InChI=1S/C27H30N2O8S/c1-33-16-6-7-17(19(14-16)34-2)23-21-22(27(28-23,9-12-38-4)26(32)35-3)25(31)29(24(21)30)15-5-8-18-20(13-15)37-11-10-36-18/h5-8,13-14,21-23,28H,9-12H2,1-4H3/t21-,22-,23+,27-/m0/s1. The molecule has 3 aliphatic heterocycles. The first-order valence-corrected chi connectivity index (χ1v) is 13.6. The first-order chi connectivity index (χ1) is 18.4. The Kier molecular flexibility index (Phi) is 7.15. The van der Waals surface area contributed by atoms with Crippen molar-refractivity contribution in [3.8, 4) is 23.0 Å². The molecule has 202 valence electrons. The Morgan fingerprint density at radius 2 is 1.82 bits per heavy atom. The third-order valence-electron chi connectivity index (χ3n) is 7.46. The number of amides is 2. The van der Waals surface area contributed by atoms with Gasteiger partial charge in [0.05, 0.1) is 38.9 Å². The molecule has 0 saturated carbocycles. The number of thioether (sulfide) groups is 1. The quantitative estimate of drug-likeness (QED) is 0.395. The molecule has 1 N–H and O–H groups in total. The lowest BCUT2D eigenvalue weighted by Gasteiger charge is -2.32. The van der Waals surface area contributed by atoms with Crippen molar-refractivity contribution in [3.63, 3.8) is 0 Å². The van der Waals surface area contributed by atoms with Crippen LogP contribution in [0.3, 0.4) is 0 Å². The molecule has 2 aromatic rings. The van der Waals surface area contributed by atoms with Crippen LogP contribution in [0.2, 0.25) is 0 Å². The lowest BCUT2D eigenvalue weighted by atomic mass is 9.77. The maximum Gasteiger partial charge on any atom is 0.326 e. The summed E-state index contributed by atoms with van der Waals surface area (Å²) in [6.45, 7) is 0.791. The molecule has 0 aliphatic carbocycles. The van der Waals surface area contributed by atoms with E-state index in [0.29, 0.717) is 59.6 Å². The van der Waals surface area contributed by atoms with Gasteiger partial charge in [-0.25, -0.2) is 4.90 Å². The highest BCUT2D eigenvalue weighted by Crippen LogP contribution is 2.53. The zero-order valence-corrected chi connectivity index (χ0v) is 22.5. The van der Waals surface area contributed by atoms with E-state index >= 15 is 0 Å². The van der Waals surface area contributed by atoms with Crippen molar-refractivity contribution in [2.75, 3.05) is 51.5 Å². The molecule has 0 bridgehead atoms. The summed E-state index contributed by atoms with van der Waals surface area (Å²) in [5.41, 5.74) is -0.404. The number of rotatable bonds is 8. The second-order valence-corrected chi connectivity index (χ2v) is 10.3. The van der Waals surface area contributed by atoms with Crippen molar-refractivity contribution in [1.82, 2.24) is 5.32 Å². The Bertz CT molecular complexity index is 1270. The molecular formula is C27H30N2O8S. The smallest absolute Gasteiger partial charge is 0.326 e. The second kappa shape index (κ2) is 10.4. The molecule has 3 heterocycles. The van der Waals surface area contributed by atoms with Crippen LogP contribution in [0.15, 0.2) is 36.4 Å². The number of anilines is 1. The van der Waals surface area contributed by atoms with Gasteiger partial charge >= 0.3 is 5.97 Å². The molecule has 2 saturated heterocycles. The summed E-state index contributed by atoms with van der Waals surface area (Å²) in [6, 6.07) is 9.54. The van der Waals surface area contributed by atoms with Crippen molar-refractivity contribution >= 4 is 35.2 Å². The number of ether oxygens (including phenoxy) is 5. The zero-order chi connectivity index (χ0) is 27.0. The van der Waals surface area contributed by atoms with Crippen molar-refractivity contribution < 1.29 is 38.1 Å². The molecule has 2 aromatic carbocycles. The fourth-order valence-corrected chi connectivity index (χ4v) is 6.26. The van der Waals surface area contributed by atoms with E-state index in [2.05, 4.69) is 5.32 Å². The summed E-state index contributed by atoms with van der Waals surface area (Å²) in [5, 5.41) is 3.38. The Hall–Kier alpha value is -3.44. The Morgan fingerprint density at radius 3 is 2.50 bits per heavy atom. The molecule has 2 fully saturated rings. The van der Waals surface area contributed by atoms with E-state index in [-0.39, 0.29) is 0 Å². The van der Waals surface area contributed by atoms with E-state index in [4.69, 9.17) is 23.7 Å². The predicted octanol–water partition coefficient (Wildman–Crippen LogP) is 2.59. The number of imide groups is 1. The van der Waals surface area contributed by atoms with Gasteiger partial charge in [0, 0.05) is 23.7 Å². The van der Waals surface area contributed by atoms with Gasteiger partial charge in [-0.3, -0.25) is 19.7 Å². The molecule has 38 heavy (non-hydrogen) atoms. The van der Waals surface area contributed by atoms with E-state index in [0.717, 1.165) is 4.90 Å². The van der Waals surface area contributed by atoms with Crippen molar-refractivity contribution in [3.05, 3.63) is 42.0 Å². The highest BCUT2D eigenvalue weighted by Gasteiger charge is 2.69. The number of benzene rings is 2. The summed E-state index contributed by atoms with van der Waals surface area (Å²) in [5.74, 6) is -0.695. The molecule has 5 rings (SSSR count). The highest BCUT2D eigenvalue weighted by molar-refractivity contribution is 7.98. The average molecular weight is 543 g/mol. The first kappa shape index (κ1) is 26.2. The second-order valence-electron chi connectivity index (χ2n) is 9.28. The van der Waals surface area contributed by atoms with E-state index in [9.17, 15) is 14.4 Å². The van der Waals surface area contributed by atoms with Crippen LogP contribution >= 0.6 is 11.8 Å². The normalized spacial score (nSPS) is 25.8. The number of hydrogen-bond acceptors (Lipinski definition) is 10. The SMILES string of the molecule is COC(=O)[C@@]1(CCSC)N[C@H](c2ccc(OC)cc2OC)[C@H]2C(=O)N(c3ccc4c(c3)OCCO4)C(=O)[C@H]21. The number of fused-ring (bicyclic) bond motifs is 2. The molecule has 11 heteroatoms. The number of nitrogens with zero attached hydrogens (tertiary/aromatic N) is 1. The summed E-state index contributed by atoms with van der Waals surface area (Å²) >= 11 is 1.54. The van der Waals surface area contributed by atoms with E-state index in [1.54, 1.807) is 55.3 Å². The maximum absolute atomic E-state index is 14.1. The first-order valence-electron chi connectivity index (χ1n) is 12.2. The Labute approximate surface area is 224 Å². The summed E-state index contributed by atoms with van der Waals surface area (Å²) in [7, 11) is 4.36. The third kappa shape index (κ3) is 4.04. The number of hydrogen-bond donors (Lipinski definition) is 1. The molecule has 0 spiro atoms. The Balaban J connectivity index is 1.64. The monoisotopic (exact) mass is 542 g/mol. The van der Waals surface area contributed by atoms with Gasteiger partial charge in [-0.05, 0) is 36.6 Å². The largest absolute Gasteiger partial charge is 0.497 e. The van der Waals surface area contributed by atoms with Gasteiger partial charge < -0.3 is 23.7 Å². The number of esters is 1. The number of methoxy groups -OCH3 is 3. The van der Waals surface area contributed by atoms with Crippen LogP contribution in [0.5, 0.6) is 23.0 Å². The van der Waals surface area contributed by atoms with Crippen molar-refractivity contribution in [1.29, 1.82) is 0 Å². The minimum Gasteiger partial charge on any atom is -0.497 e. The van der Waals surface area contributed by atoms with Crippen LogP contribution in [0.1, 0.15) is 18.0 Å². The van der Waals surface area contributed by atoms with Crippen LogP contribution in [-0.2, 0) is 19.1 Å². The van der Waals surface area contributed by atoms with Crippen molar-refractivity contribution in [2.24, 2.45) is 11.8 Å². The zero-order valence-electron chi connectivity index (χ0n) is 21.6. The lowest BCUT2D eigenvalue weighted by molar-refractivity contribution is -0.152. The van der Waals surface area contributed by atoms with Gasteiger partial charge in [-0.1, -0.05) is 6.07 Å². The van der Waals surface area contributed by atoms with Crippen LogP contribution in [0.25, 0.3) is 0 Å². The minimum atomic E-state index is -1.41.